The van der Waals surface area contributed by atoms with E-state index in [1.165, 1.54) is 11.1 Å². The van der Waals surface area contributed by atoms with Crippen LogP contribution in [0.2, 0.25) is 5.02 Å². The minimum atomic E-state index is -1.58. The maximum atomic E-state index is 14.9. The number of pyridine rings is 1. The summed E-state index contributed by atoms with van der Waals surface area (Å²) < 4.78 is 33.9. The highest BCUT2D eigenvalue weighted by Crippen LogP contribution is 2.31. The molecule has 0 aromatic carbocycles. The number of hydrogen-bond donors (Lipinski definition) is 0. The highest BCUT2D eigenvalue weighted by molar-refractivity contribution is 6.30. The third-order valence-corrected chi connectivity index (χ3v) is 3.89. The third-order valence-electron chi connectivity index (χ3n) is 3.68. The number of carbonyl (C=O) groups is 1. The van der Waals surface area contributed by atoms with Gasteiger partial charge in [-0.05, 0) is 39.7 Å². The molecule has 2 rings (SSSR count). The molecule has 4 nitrogen and oxygen atoms in total. The number of halogens is 3. The Labute approximate surface area is 139 Å². The van der Waals surface area contributed by atoms with E-state index in [4.69, 9.17) is 16.3 Å². The predicted molar refractivity (Wildman–Crippen MR) is 83.8 cm³/mol. The molecule has 0 atom stereocenters. The number of alkyl halides is 1. The second kappa shape index (κ2) is 6.59. The van der Waals surface area contributed by atoms with Crippen LogP contribution in [0.5, 0.6) is 0 Å². The summed E-state index contributed by atoms with van der Waals surface area (Å²) in [7, 11) is 0. The Balaban J connectivity index is 1.95. The van der Waals surface area contributed by atoms with Gasteiger partial charge in [-0.3, -0.25) is 4.98 Å². The van der Waals surface area contributed by atoms with Crippen molar-refractivity contribution in [3.8, 4) is 0 Å². The van der Waals surface area contributed by atoms with E-state index in [2.05, 4.69) is 4.98 Å². The van der Waals surface area contributed by atoms with E-state index < -0.39 is 23.2 Å². The predicted octanol–water partition coefficient (Wildman–Crippen LogP) is 4.16. The molecule has 23 heavy (non-hydrogen) atoms. The number of likely N-dealkylation sites (tertiary alicyclic amines) is 1. The van der Waals surface area contributed by atoms with Crippen LogP contribution in [-0.2, 0) is 11.2 Å². The molecule has 0 unspecified atom stereocenters. The van der Waals surface area contributed by atoms with Crippen LogP contribution in [0.3, 0.4) is 0 Å². The topological polar surface area (TPSA) is 42.4 Å². The lowest BCUT2D eigenvalue weighted by molar-refractivity contribution is 0.00304. The average Bonchev–Trinajstić information content (AvgIpc) is 2.41. The van der Waals surface area contributed by atoms with Crippen molar-refractivity contribution in [3.63, 3.8) is 0 Å². The number of carbonyl (C=O) groups excluding carboxylic acids is 1. The highest BCUT2D eigenvalue weighted by Gasteiger charge is 2.38. The van der Waals surface area contributed by atoms with Crippen molar-refractivity contribution < 1.29 is 18.3 Å². The first-order valence-corrected chi connectivity index (χ1v) is 7.93. The second-order valence-electron chi connectivity index (χ2n) is 6.88. The minimum absolute atomic E-state index is 0.0580. The van der Waals surface area contributed by atoms with Gasteiger partial charge in [0.15, 0.2) is 0 Å². The zero-order chi connectivity index (χ0) is 17.3. The van der Waals surface area contributed by atoms with Crippen LogP contribution in [0.25, 0.3) is 0 Å². The minimum Gasteiger partial charge on any atom is -0.444 e. The summed E-state index contributed by atoms with van der Waals surface area (Å²) in [5.74, 6) is -0.607. The van der Waals surface area contributed by atoms with Gasteiger partial charge in [-0.1, -0.05) is 11.6 Å². The zero-order valence-corrected chi connectivity index (χ0v) is 14.3. The molecule has 1 saturated heterocycles. The van der Waals surface area contributed by atoms with E-state index >= 15 is 0 Å². The monoisotopic (exact) mass is 346 g/mol. The van der Waals surface area contributed by atoms with Gasteiger partial charge in [0.05, 0.1) is 10.7 Å². The number of ether oxygens (including phenoxy) is 1. The quantitative estimate of drug-likeness (QED) is 0.807. The number of hydrogen-bond acceptors (Lipinski definition) is 3. The molecule has 1 fully saturated rings. The summed E-state index contributed by atoms with van der Waals surface area (Å²) >= 11 is 5.65. The molecule has 7 heteroatoms. The van der Waals surface area contributed by atoms with E-state index in [9.17, 15) is 13.6 Å². The van der Waals surface area contributed by atoms with Gasteiger partial charge in [0.1, 0.15) is 17.1 Å². The van der Waals surface area contributed by atoms with Crippen LogP contribution in [0.1, 0.15) is 39.3 Å². The Morgan fingerprint density at radius 3 is 2.57 bits per heavy atom. The van der Waals surface area contributed by atoms with Gasteiger partial charge >= 0.3 is 6.09 Å². The van der Waals surface area contributed by atoms with E-state index in [0.29, 0.717) is 0 Å². The Bertz CT molecular complexity index is 582. The van der Waals surface area contributed by atoms with Crippen molar-refractivity contribution in [3.05, 3.63) is 28.8 Å². The van der Waals surface area contributed by atoms with Crippen molar-refractivity contribution in [1.29, 1.82) is 0 Å². The SMILES string of the molecule is CC(C)(C)OC(=O)N1CCC(F)(Cc2ncc(Cl)cc2F)CC1. The summed E-state index contributed by atoms with van der Waals surface area (Å²) in [6.07, 6.45) is 0.971. The van der Waals surface area contributed by atoms with Crippen molar-refractivity contribution in [2.45, 2.75) is 51.3 Å². The van der Waals surface area contributed by atoms with E-state index in [0.717, 1.165) is 6.07 Å². The van der Waals surface area contributed by atoms with Gasteiger partial charge < -0.3 is 9.64 Å². The summed E-state index contributed by atoms with van der Waals surface area (Å²) in [6, 6.07) is 1.13. The molecular formula is C16H21ClF2N2O2. The Kier molecular flexibility index (Phi) is 5.14. The van der Waals surface area contributed by atoms with Gasteiger partial charge in [-0.2, -0.15) is 0 Å². The third kappa shape index (κ3) is 5.03. The maximum Gasteiger partial charge on any atom is 0.410 e. The largest absolute Gasteiger partial charge is 0.444 e. The zero-order valence-electron chi connectivity index (χ0n) is 13.5. The molecule has 0 saturated carbocycles. The summed E-state index contributed by atoms with van der Waals surface area (Å²) in [5.41, 5.74) is -2.11. The first-order valence-electron chi connectivity index (χ1n) is 7.55. The van der Waals surface area contributed by atoms with Crippen LogP contribution < -0.4 is 0 Å². The Morgan fingerprint density at radius 2 is 2.04 bits per heavy atom. The number of piperidine rings is 1. The number of rotatable bonds is 2. The average molecular weight is 347 g/mol. The second-order valence-corrected chi connectivity index (χ2v) is 7.31. The molecule has 0 spiro atoms. The van der Waals surface area contributed by atoms with Gasteiger partial charge in [0.25, 0.3) is 0 Å². The van der Waals surface area contributed by atoms with Crippen LogP contribution in [-0.4, -0.2) is 40.3 Å². The van der Waals surface area contributed by atoms with Gasteiger partial charge in [-0.15, -0.1) is 0 Å². The summed E-state index contributed by atoms with van der Waals surface area (Å²) in [5, 5.41) is 0.180. The smallest absolute Gasteiger partial charge is 0.410 e. The molecule has 0 bridgehead atoms. The van der Waals surface area contributed by atoms with Crippen molar-refractivity contribution in [2.24, 2.45) is 0 Å². The Hall–Kier alpha value is -1.43. The van der Waals surface area contributed by atoms with Crippen molar-refractivity contribution >= 4 is 17.7 Å². The standard InChI is InChI=1S/C16H21ClF2N2O2/c1-15(2,3)23-14(22)21-6-4-16(19,5-7-21)9-13-12(18)8-11(17)10-20-13/h8,10H,4-7,9H2,1-3H3. The van der Waals surface area contributed by atoms with Gasteiger partial charge in [0, 0.05) is 25.7 Å². The van der Waals surface area contributed by atoms with Crippen LogP contribution in [0.4, 0.5) is 13.6 Å². The molecule has 128 valence electrons. The lowest BCUT2D eigenvalue weighted by Gasteiger charge is -2.37. The normalized spacial score (nSPS) is 17.9. The molecule has 1 aliphatic rings. The Morgan fingerprint density at radius 1 is 1.43 bits per heavy atom. The first-order chi connectivity index (χ1) is 10.6. The summed E-state index contributed by atoms with van der Waals surface area (Å²) in [4.78, 5) is 17.3. The first kappa shape index (κ1) is 17.9. The molecular weight excluding hydrogens is 326 g/mol. The molecule has 0 N–H and O–H groups in total. The van der Waals surface area contributed by atoms with Gasteiger partial charge in [-0.25, -0.2) is 13.6 Å². The molecule has 0 aliphatic carbocycles. The number of aromatic nitrogens is 1. The highest BCUT2D eigenvalue weighted by atomic mass is 35.5. The van der Waals surface area contributed by atoms with E-state index in [-0.39, 0.29) is 43.1 Å². The van der Waals surface area contributed by atoms with Crippen molar-refractivity contribution in [1.82, 2.24) is 9.88 Å². The fourth-order valence-electron chi connectivity index (χ4n) is 2.47. The van der Waals surface area contributed by atoms with Gasteiger partial charge in [0.2, 0.25) is 0 Å². The molecule has 1 aromatic rings. The summed E-state index contributed by atoms with van der Waals surface area (Å²) in [6.45, 7) is 5.82. The van der Waals surface area contributed by atoms with Crippen LogP contribution in [0, 0.1) is 5.82 Å². The van der Waals surface area contributed by atoms with E-state index in [1.54, 1.807) is 20.8 Å². The molecule has 1 amide bonds. The molecule has 2 heterocycles. The fourth-order valence-corrected chi connectivity index (χ4v) is 2.61. The number of nitrogens with zero attached hydrogens (tertiary/aromatic N) is 2. The van der Waals surface area contributed by atoms with Crippen LogP contribution >= 0.6 is 11.6 Å². The fraction of sp³-hybridized carbons (Fsp3) is 0.625. The van der Waals surface area contributed by atoms with Crippen LogP contribution in [0.15, 0.2) is 12.3 Å². The lowest BCUT2D eigenvalue weighted by atomic mass is 9.88. The molecule has 0 radical (unpaired) electrons. The van der Waals surface area contributed by atoms with E-state index in [1.807, 2.05) is 0 Å². The van der Waals surface area contributed by atoms with Crippen molar-refractivity contribution in [2.75, 3.05) is 13.1 Å². The number of amides is 1. The molecule has 1 aliphatic heterocycles. The molecule has 1 aromatic heterocycles. The maximum absolute atomic E-state index is 14.9. The lowest BCUT2D eigenvalue weighted by Crippen LogP contribution is -2.47.